The van der Waals surface area contributed by atoms with Crippen LogP contribution in [0.5, 0.6) is 0 Å². The highest BCUT2D eigenvalue weighted by Crippen LogP contribution is 2.65. The van der Waals surface area contributed by atoms with E-state index >= 15 is 0 Å². The maximum Gasteiger partial charge on any atom is 0.0215 e. The molecule has 143 heavy (non-hydrogen) atoms. The number of hydrogen-bond donors (Lipinski definition) is 0. The van der Waals surface area contributed by atoms with Gasteiger partial charge in [-0.1, -0.05) is 381 Å². The Balaban J connectivity index is 0.646. The van der Waals surface area contributed by atoms with Gasteiger partial charge in [-0.3, -0.25) is 0 Å². The van der Waals surface area contributed by atoms with Gasteiger partial charge in [-0.2, -0.15) is 0 Å². The molecule has 0 saturated carbocycles. The SMILES string of the molecule is CC(C)CCC1(CCC(C)C)c2cc(-c3ccc4c(c3)C(C)(C)c3cc(-c5ccc6c(c5)-c5ccccc5C6(C)C)ccc3-4)c(-c3ccc4c(c3)C(C)(C)c3cc(-c5ccc6c(c5)-c5ccccc5C6(C)C)ccc3-4)cc2-c2cc(-c3ccc4c(c3)C(C)(C)c3cc(-c5ccc6c(c5)-c5ccccc5C6(C)C)ccc3-4)c(-c3ccc4c(c3)C(C)(C)c3cc(-c5ccc6c(c5)-c5ccccc5C6(C)C)ccc3-4)cc21. The molecule has 0 aromatic heterocycles. The Morgan fingerprint density at radius 3 is 0.517 bits per heavy atom. The van der Waals surface area contributed by atoms with Gasteiger partial charge in [-0.25, -0.2) is 0 Å². The lowest BCUT2D eigenvalue weighted by Gasteiger charge is -2.35. The van der Waals surface area contributed by atoms with Gasteiger partial charge in [-0.05, 0) is 424 Å². The van der Waals surface area contributed by atoms with Gasteiger partial charge >= 0.3 is 0 Å². The standard InChI is InChI=1S/C143H126/c1-81(2)61-63-143(64-62-82(3)4)133-79-109(93-43-55-105-101-51-39-89(71-127(101)141(17,18)131(105)75-93)85-47-59-123-113(67-85)97-31-23-27-35-119(97)137(123,9)10)107(91-41-53-103-99-49-37-87(69-125(99)139(13,14)129(103)73-91)83-45-57-121-111(65-83)95-29-21-25-33-117(95)135(121,5)6)77-115(133)116-78-108(92-42-54-104-100-50-38-88(70-126(100)140(15,16)130(104)74-92)84-46-58-122-112(66-84)96-30-22-26-34-118(96)136(122,7)8)110(80-134(116)143)94-44-56-106-102-52-40-90(72-128(102)142(19,20)132(106)76-94)86-48-60-124-114(68-86)98-32-24-28-36-120(98)138(124,11)12/h21-60,65-82H,61-64H2,1-20H3. The van der Waals surface area contributed by atoms with E-state index in [4.69, 9.17) is 0 Å². The van der Waals surface area contributed by atoms with Crippen LogP contribution in [0, 0.1) is 11.8 Å². The van der Waals surface area contributed by atoms with Crippen molar-refractivity contribution in [3.05, 3.63) is 440 Å². The first-order valence-electron chi connectivity index (χ1n) is 53.1. The van der Waals surface area contributed by atoms with Crippen LogP contribution in [0.2, 0.25) is 0 Å². The fraction of sp³-hybridized carbons (Fsp3) is 0.245. The molecule has 0 aliphatic heterocycles. The van der Waals surface area contributed by atoms with Crippen LogP contribution in [0.25, 0.3) is 189 Å². The molecule has 9 aliphatic rings. The van der Waals surface area contributed by atoms with Crippen molar-refractivity contribution in [2.45, 2.75) is 213 Å². The fourth-order valence-electron chi connectivity index (χ4n) is 29.2. The third kappa shape index (κ3) is 12.3. The number of fused-ring (bicyclic) bond motifs is 27. The summed E-state index contributed by atoms with van der Waals surface area (Å²) < 4.78 is 0. The van der Waals surface area contributed by atoms with Crippen LogP contribution in [-0.4, -0.2) is 0 Å². The van der Waals surface area contributed by atoms with Crippen LogP contribution in [0.3, 0.4) is 0 Å². The molecular weight excluding hydrogens is 1720 g/mol. The molecule has 0 heteroatoms. The summed E-state index contributed by atoms with van der Waals surface area (Å²) in [5.74, 6) is 0.940. The topological polar surface area (TPSA) is 0 Å². The second-order valence-corrected chi connectivity index (χ2v) is 49.1. The minimum Gasteiger partial charge on any atom is -0.0628 e. The van der Waals surface area contributed by atoms with Crippen LogP contribution < -0.4 is 0 Å². The summed E-state index contributed by atoms with van der Waals surface area (Å²) >= 11 is 0. The van der Waals surface area contributed by atoms with Crippen molar-refractivity contribution >= 4 is 0 Å². The summed E-state index contributed by atoms with van der Waals surface area (Å²) in [5, 5.41) is 0. The molecule has 9 aliphatic carbocycles. The van der Waals surface area contributed by atoms with Crippen LogP contribution >= 0.6 is 0 Å². The van der Waals surface area contributed by atoms with Gasteiger partial charge in [0, 0.05) is 48.7 Å². The quantitative estimate of drug-likeness (QED) is 0.102. The summed E-state index contributed by atoms with van der Waals surface area (Å²) in [4.78, 5) is 0. The summed E-state index contributed by atoms with van der Waals surface area (Å²) in [6.45, 7) is 49.0. The molecule has 0 spiro atoms. The summed E-state index contributed by atoms with van der Waals surface area (Å²) in [6, 6.07) is 137. The van der Waals surface area contributed by atoms with Crippen molar-refractivity contribution in [2.24, 2.45) is 11.8 Å². The fourth-order valence-corrected chi connectivity index (χ4v) is 29.2. The molecule has 0 heterocycles. The normalized spacial score (nSPS) is 16.9. The maximum atomic E-state index is 2.79. The number of rotatable bonds is 14. The van der Waals surface area contributed by atoms with E-state index in [9.17, 15) is 0 Å². The molecule has 0 bridgehead atoms. The molecule has 0 fully saturated rings. The van der Waals surface area contributed by atoms with Gasteiger partial charge in [0.25, 0.3) is 0 Å². The first-order valence-corrected chi connectivity index (χ1v) is 53.1. The Hall–Kier alpha value is -14.0. The molecule has 18 aromatic rings. The first kappa shape index (κ1) is 87.9. The van der Waals surface area contributed by atoms with Crippen molar-refractivity contribution in [3.63, 3.8) is 0 Å². The molecule has 0 atom stereocenters. The zero-order valence-electron chi connectivity index (χ0n) is 86.8. The highest BCUT2D eigenvalue weighted by molar-refractivity contribution is 6.02. The van der Waals surface area contributed by atoms with Crippen molar-refractivity contribution in [1.29, 1.82) is 0 Å². The van der Waals surface area contributed by atoms with Gasteiger partial charge in [0.1, 0.15) is 0 Å². The van der Waals surface area contributed by atoms with E-state index in [1.165, 1.54) is 289 Å². The van der Waals surface area contributed by atoms with E-state index in [1.54, 1.807) is 0 Å². The summed E-state index contributed by atoms with van der Waals surface area (Å²) in [7, 11) is 0. The van der Waals surface area contributed by atoms with E-state index in [2.05, 4.69) is 478 Å². The minimum absolute atomic E-state index is 0.0631. The maximum absolute atomic E-state index is 2.79. The highest BCUT2D eigenvalue weighted by atomic mass is 14.5. The Kier molecular flexibility index (Phi) is 18.5. The second-order valence-electron chi connectivity index (χ2n) is 49.1. The van der Waals surface area contributed by atoms with Crippen molar-refractivity contribution in [2.75, 3.05) is 0 Å². The van der Waals surface area contributed by atoms with Crippen LogP contribution in [0.4, 0.5) is 0 Å². The predicted molar refractivity (Wildman–Crippen MR) is 605 cm³/mol. The van der Waals surface area contributed by atoms with Crippen LogP contribution in [-0.2, 0) is 48.7 Å². The molecule has 0 radical (unpaired) electrons. The van der Waals surface area contributed by atoms with Crippen LogP contribution in [0.1, 0.15) is 264 Å². The average molecular weight is 1840 g/mol. The van der Waals surface area contributed by atoms with E-state index in [-0.39, 0.29) is 48.7 Å². The van der Waals surface area contributed by atoms with Crippen LogP contribution in [0.15, 0.2) is 340 Å². The predicted octanol–water partition coefficient (Wildman–Crippen LogP) is 38.6. The molecule has 0 nitrogen and oxygen atoms in total. The molecule has 698 valence electrons. The zero-order valence-corrected chi connectivity index (χ0v) is 86.8. The second kappa shape index (κ2) is 30.1. The molecule has 0 saturated heterocycles. The minimum atomic E-state index is -0.356. The highest BCUT2D eigenvalue weighted by Gasteiger charge is 2.49. The largest absolute Gasteiger partial charge is 0.0628 e. The Bertz CT molecular complexity index is 8180. The molecule has 27 rings (SSSR count). The average Bonchev–Trinajstić information content (AvgIpc) is 1.53. The van der Waals surface area contributed by atoms with Gasteiger partial charge in [-0.15, -0.1) is 0 Å². The lowest BCUT2D eigenvalue weighted by Crippen LogP contribution is -2.27. The monoisotopic (exact) mass is 1840 g/mol. The van der Waals surface area contributed by atoms with E-state index < -0.39 is 0 Å². The Morgan fingerprint density at radius 2 is 0.294 bits per heavy atom. The van der Waals surface area contributed by atoms with Crippen molar-refractivity contribution < 1.29 is 0 Å². The Morgan fingerprint density at radius 1 is 0.133 bits per heavy atom. The lowest BCUT2D eigenvalue weighted by molar-refractivity contribution is 0.364. The summed E-state index contributed by atoms with van der Waals surface area (Å²) in [5.41, 5.74) is 67.8. The molecular formula is C143H126. The molecule has 0 N–H and O–H groups in total. The number of benzene rings is 18. The first-order chi connectivity index (χ1) is 68.5. The summed E-state index contributed by atoms with van der Waals surface area (Å²) in [6.07, 6.45) is 4.22. The molecule has 0 amide bonds. The van der Waals surface area contributed by atoms with Gasteiger partial charge in [0.2, 0.25) is 0 Å². The van der Waals surface area contributed by atoms with E-state index in [1.807, 2.05) is 0 Å². The smallest absolute Gasteiger partial charge is 0.0215 e. The van der Waals surface area contributed by atoms with E-state index in [0.29, 0.717) is 11.8 Å². The van der Waals surface area contributed by atoms with Gasteiger partial charge < -0.3 is 0 Å². The third-order valence-electron chi connectivity index (χ3n) is 37.5. The van der Waals surface area contributed by atoms with E-state index in [0.717, 1.165) is 25.7 Å². The van der Waals surface area contributed by atoms with Gasteiger partial charge in [0.15, 0.2) is 0 Å². The molecule has 18 aromatic carbocycles. The Labute approximate surface area is 847 Å². The number of hydrogen-bond acceptors (Lipinski definition) is 0. The van der Waals surface area contributed by atoms with Crippen molar-refractivity contribution in [3.8, 4) is 189 Å². The van der Waals surface area contributed by atoms with Gasteiger partial charge in [0.05, 0.1) is 0 Å². The van der Waals surface area contributed by atoms with Crippen molar-refractivity contribution in [1.82, 2.24) is 0 Å². The zero-order chi connectivity index (χ0) is 98.1. The third-order valence-corrected chi connectivity index (χ3v) is 37.5. The lowest BCUT2D eigenvalue weighted by atomic mass is 9.68. The molecule has 0 unspecified atom stereocenters.